The van der Waals surface area contributed by atoms with E-state index in [2.05, 4.69) is 20.6 Å². The molecule has 1 N–H and O–H groups in total. The Bertz CT molecular complexity index is 1080. The molecule has 0 spiro atoms. The average Bonchev–Trinajstić information content (AvgIpc) is 2.99. The molecule has 0 radical (unpaired) electrons. The summed E-state index contributed by atoms with van der Waals surface area (Å²) in [5.74, 6) is -1.25. The Morgan fingerprint density at radius 3 is 2.79 bits per heavy atom. The number of nitrogens with zero attached hydrogens (tertiary/aromatic N) is 4. The number of aromatic nitrogens is 4. The molecule has 6 nitrogen and oxygen atoms in total. The zero-order valence-electron chi connectivity index (χ0n) is 15.0. The van der Waals surface area contributed by atoms with Crippen LogP contribution < -0.4 is 5.32 Å². The molecule has 3 aromatic rings. The third kappa shape index (κ3) is 3.96. The van der Waals surface area contributed by atoms with Crippen LogP contribution >= 0.6 is 0 Å². The van der Waals surface area contributed by atoms with Gasteiger partial charge in [0.25, 0.3) is 5.91 Å². The molecule has 1 amide bonds. The van der Waals surface area contributed by atoms with Crippen LogP contribution in [0.1, 0.15) is 39.4 Å². The van der Waals surface area contributed by atoms with Crippen molar-refractivity contribution in [2.75, 3.05) is 6.54 Å². The van der Waals surface area contributed by atoms with Gasteiger partial charge in [-0.25, -0.2) is 9.07 Å². The number of hydrogen-bond acceptors (Lipinski definition) is 4. The van der Waals surface area contributed by atoms with Crippen LogP contribution in [0, 0.1) is 5.82 Å². The van der Waals surface area contributed by atoms with Crippen LogP contribution in [0.2, 0.25) is 0 Å². The first-order chi connectivity index (χ1) is 13.8. The summed E-state index contributed by atoms with van der Waals surface area (Å²) in [5.41, 5.74) is 1.02. The molecule has 10 heteroatoms. The first kappa shape index (κ1) is 19.0. The highest BCUT2D eigenvalue weighted by molar-refractivity contribution is 5.93. The topological polar surface area (TPSA) is 72.7 Å². The number of halogens is 4. The van der Waals surface area contributed by atoms with Gasteiger partial charge in [-0.15, -0.1) is 5.10 Å². The molecule has 0 saturated heterocycles. The molecule has 0 fully saturated rings. The van der Waals surface area contributed by atoms with Gasteiger partial charge in [-0.05, 0) is 48.7 Å². The smallest absolute Gasteiger partial charge is 0.351 e. The molecular weight excluding hydrogens is 390 g/mol. The summed E-state index contributed by atoms with van der Waals surface area (Å²) in [5, 5.41) is 10.7. The van der Waals surface area contributed by atoms with Crippen LogP contribution in [-0.4, -0.2) is 32.4 Å². The first-order valence-corrected chi connectivity index (χ1v) is 8.86. The molecule has 4 rings (SSSR count). The monoisotopic (exact) mass is 405 g/mol. The Morgan fingerprint density at radius 2 is 2.00 bits per heavy atom. The summed E-state index contributed by atoms with van der Waals surface area (Å²) in [4.78, 5) is 16.2. The standard InChI is InChI=1S/C19H15F4N5O/c20-13-7-11(6-12(9-13)19(21,22)23)8-14-10-15(3-5-24-14)28-16-2-1-4-25-18(29)17(16)26-27-28/h3,5-7,9-10H,1-2,4,8H2,(H,25,29). The van der Waals surface area contributed by atoms with Gasteiger partial charge >= 0.3 is 6.18 Å². The maximum absolute atomic E-state index is 13.6. The fraction of sp³-hybridized carbons (Fsp3) is 0.263. The van der Waals surface area contributed by atoms with E-state index in [1.165, 1.54) is 10.9 Å². The van der Waals surface area contributed by atoms with Crippen molar-refractivity contribution in [2.45, 2.75) is 25.4 Å². The van der Waals surface area contributed by atoms with E-state index < -0.39 is 17.6 Å². The third-order valence-corrected chi connectivity index (χ3v) is 4.57. The molecule has 0 saturated carbocycles. The van der Waals surface area contributed by atoms with E-state index in [0.29, 0.717) is 36.1 Å². The van der Waals surface area contributed by atoms with Crippen LogP contribution in [0.5, 0.6) is 0 Å². The van der Waals surface area contributed by atoms with Gasteiger partial charge in [0.15, 0.2) is 5.69 Å². The van der Waals surface area contributed by atoms with E-state index >= 15 is 0 Å². The van der Waals surface area contributed by atoms with E-state index in [-0.39, 0.29) is 23.6 Å². The van der Waals surface area contributed by atoms with Crippen molar-refractivity contribution in [1.82, 2.24) is 25.3 Å². The summed E-state index contributed by atoms with van der Waals surface area (Å²) in [6, 6.07) is 5.71. The van der Waals surface area contributed by atoms with E-state index in [4.69, 9.17) is 0 Å². The zero-order valence-corrected chi connectivity index (χ0v) is 15.0. The normalized spacial score (nSPS) is 14.3. The number of carbonyl (C=O) groups excluding carboxylic acids is 1. The molecule has 2 aromatic heterocycles. The van der Waals surface area contributed by atoms with Crippen molar-refractivity contribution in [2.24, 2.45) is 0 Å². The number of pyridine rings is 1. The van der Waals surface area contributed by atoms with Crippen molar-refractivity contribution in [3.63, 3.8) is 0 Å². The maximum atomic E-state index is 13.6. The van der Waals surface area contributed by atoms with Gasteiger partial charge in [0, 0.05) is 24.9 Å². The lowest BCUT2D eigenvalue weighted by atomic mass is 10.0. The molecule has 0 atom stereocenters. The SMILES string of the molecule is O=C1NCCCc2c1nnn2-c1ccnc(Cc2cc(F)cc(C(F)(F)F)c2)c1. The minimum atomic E-state index is -4.63. The zero-order chi connectivity index (χ0) is 20.6. The number of alkyl halides is 3. The van der Waals surface area contributed by atoms with E-state index in [0.717, 1.165) is 18.6 Å². The quantitative estimate of drug-likeness (QED) is 0.680. The maximum Gasteiger partial charge on any atom is 0.416 e. The third-order valence-electron chi connectivity index (χ3n) is 4.57. The van der Waals surface area contributed by atoms with Gasteiger partial charge in [-0.2, -0.15) is 13.2 Å². The van der Waals surface area contributed by atoms with Crippen LogP contribution in [-0.2, 0) is 19.0 Å². The van der Waals surface area contributed by atoms with E-state index in [1.54, 1.807) is 12.1 Å². The molecule has 0 aliphatic carbocycles. The van der Waals surface area contributed by atoms with Crippen LogP contribution in [0.15, 0.2) is 36.5 Å². The summed E-state index contributed by atoms with van der Waals surface area (Å²) >= 11 is 0. The van der Waals surface area contributed by atoms with Gasteiger partial charge < -0.3 is 5.32 Å². The van der Waals surface area contributed by atoms with Crippen molar-refractivity contribution >= 4 is 5.91 Å². The predicted molar refractivity (Wildman–Crippen MR) is 94.0 cm³/mol. The molecule has 0 bridgehead atoms. The van der Waals surface area contributed by atoms with Gasteiger partial charge in [0.2, 0.25) is 0 Å². The van der Waals surface area contributed by atoms with E-state index in [9.17, 15) is 22.4 Å². The summed E-state index contributed by atoms with van der Waals surface area (Å²) < 4.78 is 54.0. The van der Waals surface area contributed by atoms with Crippen molar-refractivity contribution in [3.8, 4) is 5.69 Å². The van der Waals surface area contributed by atoms with Gasteiger partial charge in [-0.3, -0.25) is 9.78 Å². The van der Waals surface area contributed by atoms with Gasteiger partial charge in [0.1, 0.15) is 5.82 Å². The minimum Gasteiger partial charge on any atom is -0.351 e. The number of hydrogen-bond donors (Lipinski definition) is 1. The number of rotatable bonds is 3. The number of nitrogens with one attached hydrogen (secondary N) is 1. The highest BCUT2D eigenvalue weighted by Crippen LogP contribution is 2.31. The highest BCUT2D eigenvalue weighted by atomic mass is 19.4. The molecule has 29 heavy (non-hydrogen) atoms. The number of benzene rings is 1. The average molecular weight is 405 g/mol. The Kier molecular flexibility index (Phi) is 4.77. The molecule has 1 aliphatic rings. The van der Waals surface area contributed by atoms with Crippen molar-refractivity contribution in [3.05, 3.63) is 70.6 Å². The summed E-state index contributed by atoms with van der Waals surface area (Å²) in [7, 11) is 0. The Balaban J connectivity index is 1.66. The fourth-order valence-corrected chi connectivity index (χ4v) is 3.27. The van der Waals surface area contributed by atoms with Crippen LogP contribution in [0.25, 0.3) is 5.69 Å². The van der Waals surface area contributed by atoms with E-state index in [1.807, 2.05) is 0 Å². The Hall–Kier alpha value is -3.30. The molecule has 1 aromatic carbocycles. The van der Waals surface area contributed by atoms with Gasteiger partial charge in [0.05, 0.1) is 16.9 Å². The Labute approximate surface area is 162 Å². The number of fused-ring (bicyclic) bond motifs is 1. The predicted octanol–water partition coefficient (Wildman–Crippen LogP) is 3.09. The van der Waals surface area contributed by atoms with Crippen LogP contribution in [0.3, 0.4) is 0 Å². The lowest BCUT2D eigenvalue weighted by Gasteiger charge is -2.10. The molecule has 3 heterocycles. The number of amides is 1. The van der Waals surface area contributed by atoms with Crippen LogP contribution in [0.4, 0.5) is 17.6 Å². The lowest BCUT2D eigenvalue weighted by molar-refractivity contribution is -0.137. The lowest BCUT2D eigenvalue weighted by Crippen LogP contribution is -2.23. The van der Waals surface area contributed by atoms with Crippen molar-refractivity contribution < 1.29 is 22.4 Å². The fourth-order valence-electron chi connectivity index (χ4n) is 3.27. The summed E-state index contributed by atoms with van der Waals surface area (Å²) in [6.45, 7) is 0.540. The second-order valence-electron chi connectivity index (χ2n) is 6.68. The molecule has 0 unspecified atom stereocenters. The minimum absolute atomic E-state index is 0.00601. The molecule has 150 valence electrons. The second kappa shape index (κ2) is 7.26. The molecular formula is C19H15F4N5O. The molecule has 1 aliphatic heterocycles. The van der Waals surface area contributed by atoms with Crippen molar-refractivity contribution in [1.29, 1.82) is 0 Å². The Morgan fingerprint density at radius 1 is 1.17 bits per heavy atom. The first-order valence-electron chi connectivity index (χ1n) is 8.86. The largest absolute Gasteiger partial charge is 0.416 e. The number of carbonyl (C=O) groups is 1. The van der Waals surface area contributed by atoms with Gasteiger partial charge in [-0.1, -0.05) is 5.21 Å². The second-order valence-corrected chi connectivity index (χ2v) is 6.68. The highest BCUT2D eigenvalue weighted by Gasteiger charge is 2.31. The summed E-state index contributed by atoms with van der Waals surface area (Å²) in [6.07, 6.45) is -1.82.